The number of ether oxygens (including phenoxy) is 1. The van der Waals surface area contributed by atoms with Gasteiger partial charge in [0.05, 0.1) is 5.69 Å². The van der Waals surface area contributed by atoms with Gasteiger partial charge >= 0.3 is 6.09 Å². The summed E-state index contributed by atoms with van der Waals surface area (Å²) in [5.74, 6) is 1.90. The highest BCUT2D eigenvalue weighted by Gasteiger charge is 2.33. The summed E-state index contributed by atoms with van der Waals surface area (Å²) in [4.78, 5) is 34.9. The summed E-state index contributed by atoms with van der Waals surface area (Å²) >= 11 is 4.34. The van der Waals surface area contributed by atoms with Crippen LogP contribution in [0, 0.1) is 5.92 Å². The lowest BCUT2D eigenvalue weighted by Gasteiger charge is -2.37. The van der Waals surface area contributed by atoms with E-state index in [-0.39, 0.29) is 17.9 Å². The van der Waals surface area contributed by atoms with Crippen LogP contribution in [0.25, 0.3) is 0 Å². The molecule has 0 N–H and O–H groups in total. The second-order valence-corrected chi connectivity index (χ2v) is 8.42. The number of pyridine rings is 1. The van der Waals surface area contributed by atoms with E-state index in [4.69, 9.17) is 4.74 Å². The Bertz CT molecular complexity index is 698. The number of rotatable bonds is 3. The molecule has 0 aliphatic carbocycles. The van der Waals surface area contributed by atoms with Crippen molar-refractivity contribution in [3.05, 3.63) is 18.3 Å². The summed E-state index contributed by atoms with van der Waals surface area (Å²) in [5.41, 5.74) is 0.347. The maximum absolute atomic E-state index is 12.4. The van der Waals surface area contributed by atoms with Crippen LogP contribution >= 0.6 is 12.6 Å². The van der Waals surface area contributed by atoms with Crippen LogP contribution in [0.4, 0.5) is 16.3 Å². The zero-order chi connectivity index (χ0) is 19.6. The van der Waals surface area contributed by atoms with E-state index in [0.717, 1.165) is 11.5 Å². The Hall–Kier alpha value is -1.96. The first-order chi connectivity index (χ1) is 12.8. The zero-order valence-corrected chi connectivity index (χ0v) is 17.1. The van der Waals surface area contributed by atoms with Crippen molar-refractivity contribution in [1.29, 1.82) is 0 Å². The van der Waals surface area contributed by atoms with Gasteiger partial charge in [0.1, 0.15) is 5.60 Å². The molecular weight excluding hydrogens is 364 g/mol. The minimum atomic E-state index is -0.498. The predicted molar refractivity (Wildman–Crippen MR) is 109 cm³/mol. The number of aromatic nitrogens is 1. The number of hydrogen-bond acceptors (Lipinski definition) is 6. The number of nitrogens with zero attached hydrogens (tertiary/aromatic N) is 4. The van der Waals surface area contributed by atoms with Gasteiger partial charge in [-0.3, -0.25) is 4.79 Å². The average Bonchev–Trinajstić information content (AvgIpc) is 3.01. The highest BCUT2D eigenvalue weighted by atomic mass is 32.1. The Kier molecular flexibility index (Phi) is 5.83. The van der Waals surface area contributed by atoms with E-state index >= 15 is 0 Å². The molecule has 1 aromatic rings. The predicted octanol–water partition coefficient (Wildman–Crippen LogP) is 2.42. The van der Waals surface area contributed by atoms with Gasteiger partial charge in [-0.1, -0.05) is 0 Å². The molecule has 0 bridgehead atoms. The monoisotopic (exact) mass is 392 g/mol. The summed E-state index contributed by atoms with van der Waals surface area (Å²) in [6.07, 6.45) is 2.00. The first kappa shape index (κ1) is 19.8. The van der Waals surface area contributed by atoms with E-state index in [1.807, 2.05) is 37.8 Å². The summed E-state index contributed by atoms with van der Waals surface area (Å²) in [5, 5.41) is 0. The molecule has 0 radical (unpaired) electrons. The normalized spacial score (nSPS) is 21.0. The lowest BCUT2D eigenvalue weighted by atomic mass is 10.1. The van der Waals surface area contributed by atoms with Gasteiger partial charge in [0.25, 0.3) is 0 Å². The van der Waals surface area contributed by atoms with Gasteiger partial charge in [-0.2, -0.15) is 12.6 Å². The van der Waals surface area contributed by atoms with E-state index in [9.17, 15) is 9.59 Å². The van der Waals surface area contributed by atoms with Crippen LogP contribution in [-0.2, 0) is 9.53 Å². The van der Waals surface area contributed by atoms with Crippen LogP contribution < -0.4 is 9.80 Å². The number of anilines is 2. The van der Waals surface area contributed by atoms with Crippen molar-refractivity contribution in [2.75, 3.05) is 48.3 Å². The molecule has 2 fully saturated rings. The minimum absolute atomic E-state index is 0.121. The molecular formula is C19H28N4O3S. The van der Waals surface area contributed by atoms with E-state index in [1.54, 1.807) is 11.1 Å². The van der Waals surface area contributed by atoms with Gasteiger partial charge in [-0.05, 0) is 44.6 Å². The fourth-order valence-electron chi connectivity index (χ4n) is 3.41. The second-order valence-electron chi connectivity index (χ2n) is 8.06. The largest absolute Gasteiger partial charge is 0.444 e. The van der Waals surface area contributed by atoms with Crippen molar-refractivity contribution in [2.45, 2.75) is 32.8 Å². The smallest absolute Gasteiger partial charge is 0.410 e. The summed E-state index contributed by atoms with van der Waals surface area (Å²) in [6, 6.07) is 3.80. The lowest BCUT2D eigenvalue weighted by molar-refractivity contribution is -0.117. The molecule has 2 saturated heterocycles. The summed E-state index contributed by atoms with van der Waals surface area (Å²) < 4.78 is 5.45. The second kappa shape index (κ2) is 7.96. The highest BCUT2D eigenvalue weighted by molar-refractivity contribution is 7.80. The average molecular weight is 393 g/mol. The molecule has 8 heteroatoms. The Morgan fingerprint density at radius 2 is 2.00 bits per heavy atom. The third-order valence-corrected chi connectivity index (χ3v) is 5.27. The molecule has 1 atom stereocenters. The molecule has 148 valence electrons. The van der Waals surface area contributed by atoms with Gasteiger partial charge in [-0.25, -0.2) is 9.78 Å². The zero-order valence-electron chi connectivity index (χ0n) is 16.2. The number of piperazine rings is 1. The first-order valence-electron chi connectivity index (χ1n) is 9.37. The Labute approximate surface area is 166 Å². The fourth-order valence-corrected chi connectivity index (χ4v) is 3.65. The summed E-state index contributed by atoms with van der Waals surface area (Å²) in [7, 11) is 0. The van der Waals surface area contributed by atoms with Gasteiger partial charge in [-0.15, -0.1) is 0 Å². The Morgan fingerprint density at radius 3 is 2.59 bits per heavy atom. The van der Waals surface area contributed by atoms with Crippen molar-refractivity contribution in [3.8, 4) is 0 Å². The minimum Gasteiger partial charge on any atom is -0.444 e. The van der Waals surface area contributed by atoms with Crippen LogP contribution in [-0.4, -0.2) is 66.0 Å². The number of thiol groups is 1. The van der Waals surface area contributed by atoms with Gasteiger partial charge < -0.3 is 19.4 Å². The Morgan fingerprint density at radius 1 is 1.30 bits per heavy atom. The standard InChI is InChI=1S/C19H28N4O3S/c1-19(2,3)26-18(25)22-9-7-21(8-10-22)17-15(5-4-6-20-17)23-12-14(13-27)11-16(23)24/h4-6,14,27H,7-13H2,1-3H3. The van der Waals surface area contributed by atoms with Crippen LogP contribution in [0.1, 0.15) is 27.2 Å². The molecule has 2 aliphatic rings. The SMILES string of the molecule is CC(C)(C)OC(=O)N1CCN(c2ncccc2N2CC(CS)CC2=O)CC1. The Balaban J connectivity index is 1.69. The molecule has 27 heavy (non-hydrogen) atoms. The fraction of sp³-hybridized carbons (Fsp3) is 0.632. The third-order valence-electron chi connectivity index (χ3n) is 4.75. The lowest BCUT2D eigenvalue weighted by Crippen LogP contribution is -2.50. The van der Waals surface area contributed by atoms with E-state index in [0.29, 0.717) is 44.9 Å². The molecule has 0 saturated carbocycles. The van der Waals surface area contributed by atoms with Crippen molar-refractivity contribution in [1.82, 2.24) is 9.88 Å². The first-order valence-corrected chi connectivity index (χ1v) is 10.0. The number of amides is 2. The molecule has 1 unspecified atom stereocenters. The van der Waals surface area contributed by atoms with E-state index < -0.39 is 5.60 Å². The molecule has 0 spiro atoms. The van der Waals surface area contributed by atoms with Crippen LogP contribution in [0.15, 0.2) is 18.3 Å². The van der Waals surface area contributed by atoms with E-state index in [2.05, 4.69) is 22.5 Å². The van der Waals surface area contributed by atoms with Crippen molar-refractivity contribution >= 4 is 36.1 Å². The third kappa shape index (κ3) is 4.66. The number of carbonyl (C=O) groups is 2. The van der Waals surface area contributed by atoms with Gasteiger partial charge in [0.15, 0.2) is 5.82 Å². The maximum atomic E-state index is 12.4. The molecule has 1 aromatic heterocycles. The summed E-state index contributed by atoms with van der Waals surface area (Å²) in [6.45, 7) is 8.73. The molecule has 7 nitrogen and oxygen atoms in total. The quantitative estimate of drug-likeness (QED) is 0.801. The van der Waals surface area contributed by atoms with Crippen LogP contribution in [0.2, 0.25) is 0 Å². The topological polar surface area (TPSA) is 66.0 Å². The number of hydrogen-bond donors (Lipinski definition) is 1. The van der Waals surface area contributed by atoms with Crippen molar-refractivity contribution in [3.63, 3.8) is 0 Å². The van der Waals surface area contributed by atoms with Gasteiger partial charge in [0.2, 0.25) is 5.91 Å². The van der Waals surface area contributed by atoms with Crippen molar-refractivity contribution in [2.24, 2.45) is 5.92 Å². The van der Waals surface area contributed by atoms with Crippen molar-refractivity contribution < 1.29 is 14.3 Å². The molecule has 2 aliphatic heterocycles. The molecule has 3 heterocycles. The van der Waals surface area contributed by atoms with Crippen LogP contribution in [0.5, 0.6) is 0 Å². The van der Waals surface area contributed by atoms with Crippen LogP contribution in [0.3, 0.4) is 0 Å². The number of carbonyl (C=O) groups excluding carboxylic acids is 2. The highest BCUT2D eigenvalue weighted by Crippen LogP contribution is 2.33. The molecule has 2 amide bonds. The maximum Gasteiger partial charge on any atom is 0.410 e. The van der Waals surface area contributed by atoms with E-state index in [1.165, 1.54) is 0 Å². The molecule has 0 aromatic carbocycles. The molecule has 3 rings (SSSR count). The van der Waals surface area contributed by atoms with Gasteiger partial charge in [0, 0.05) is 45.3 Å².